The number of amidine groups is 1. The molecule has 2 saturated heterocycles. The highest BCUT2D eigenvalue weighted by Gasteiger charge is 2.42. The lowest BCUT2D eigenvalue weighted by atomic mass is 10.1. The van der Waals surface area contributed by atoms with E-state index in [-0.39, 0.29) is 12.3 Å². The van der Waals surface area contributed by atoms with Gasteiger partial charge < -0.3 is 24.8 Å². The molecule has 3 atom stereocenters. The highest BCUT2D eigenvalue weighted by atomic mass is 35.5. The van der Waals surface area contributed by atoms with Gasteiger partial charge >= 0.3 is 0 Å². The number of halogens is 1. The van der Waals surface area contributed by atoms with Crippen LogP contribution in [0.1, 0.15) is 19.8 Å². The van der Waals surface area contributed by atoms with Gasteiger partial charge in [-0.1, -0.05) is 18.5 Å². The number of rotatable bonds is 4. The highest BCUT2D eigenvalue weighted by Crippen LogP contribution is 2.39. The van der Waals surface area contributed by atoms with E-state index in [0.717, 1.165) is 37.3 Å². The van der Waals surface area contributed by atoms with Crippen molar-refractivity contribution in [2.24, 2.45) is 4.99 Å². The molecule has 3 heterocycles. The summed E-state index contributed by atoms with van der Waals surface area (Å²) in [6, 6.07) is 5.46. The summed E-state index contributed by atoms with van der Waals surface area (Å²) in [7, 11) is 1.60. The van der Waals surface area contributed by atoms with Crippen LogP contribution in [0.2, 0.25) is 5.02 Å². The maximum absolute atomic E-state index is 14.1. The first-order valence-electron chi connectivity index (χ1n) is 9.49. The van der Waals surface area contributed by atoms with E-state index in [9.17, 15) is 5.21 Å². The molecule has 1 aromatic carbocycles. The summed E-state index contributed by atoms with van der Waals surface area (Å²) in [6.07, 6.45) is 3.86. The summed E-state index contributed by atoms with van der Waals surface area (Å²) in [5, 5.41) is 21.1. The van der Waals surface area contributed by atoms with Crippen molar-refractivity contribution in [2.75, 3.05) is 33.3 Å². The number of nitrogens with one attached hydrogen (secondary N) is 2. The molecule has 146 valence electrons. The van der Waals surface area contributed by atoms with E-state index in [4.69, 9.17) is 21.3 Å². The molecule has 2 N–H and O–H groups in total. The van der Waals surface area contributed by atoms with Gasteiger partial charge in [-0.3, -0.25) is 5.32 Å². The fourth-order valence-corrected chi connectivity index (χ4v) is 4.53. The van der Waals surface area contributed by atoms with Gasteiger partial charge in [0.25, 0.3) is 0 Å². The average Bonchev–Trinajstić information content (AvgIpc) is 3.06. The van der Waals surface area contributed by atoms with Crippen molar-refractivity contribution in [2.45, 2.75) is 32.1 Å². The summed E-state index contributed by atoms with van der Waals surface area (Å²) in [5.41, 5.74) is 1.49. The molecule has 0 amide bonds. The maximum Gasteiger partial charge on any atom is 0.175 e. The summed E-state index contributed by atoms with van der Waals surface area (Å²) < 4.78 is 4.83. The zero-order valence-electron chi connectivity index (χ0n) is 15.7. The molecule has 2 fully saturated rings. The first-order valence-corrected chi connectivity index (χ1v) is 9.87. The second-order valence-corrected chi connectivity index (χ2v) is 7.69. The monoisotopic (exact) mass is 391 g/mol. The molecule has 3 aliphatic rings. The first kappa shape index (κ1) is 18.6. The van der Waals surface area contributed by atoms with Crippen LogP contribution in [0.15, 0.2) is 35.0 Å². The Hall–Kier alpha value is -1.80. The minimum atomic E-state index is -0.504. The largest absolute Gasteiger partial charge is 0.627 e. The minimum Gasteiger partial charge on any atom is -0.627 e. The van der Waals surface area contributed by atoms with Crippen LogP contribution in [0.5, 0.6) is 5.75 Å². The van der Waals surface area contributed by atoms with E-state index in [0.29, 0.717) is 29.5 Å². The smallest absolute Gasteiger partial charge is 0.175 e. The molecular weight excluding hydrogens is 366 g/mol. The van der Waals surface area contributed by atoms with Gasteiger partial charge in [-0.05, 0) is 31.5 Å². The van der Waals surface area contributed by atoms with Crippen LogP contribution < -0.4 is 20.0 Å². The van der Waals surface area contributed by atoms with E-state index >= 15 is 0 Å². The Morgan fingerprint density at radius 3 is 3.11 bits per heavy atom. The minimum absolute atomic E-state index is 0.151. The molecule has 27 heavy (non-hydrogen) atoms. The summed E-state index contributed by atoms with van der Waals surface area (Å²) in [4.78, 5) is 7.17. The number of methoxy groups -OCH3 is 1. The molecule has 0 aliphatic carbocycles. The Kier molecular flexibility index (Phi) is 5.03. The standard InChI is InChI=1S/C19H26ClN5O2/c1-3-21-19-22-10-13-11-25(26,17-9-15(27-2)6-7-16(17)20)12-14-5-4-8-24(14)18(13)23-19/h6-7,9-10,14,19,21-22H,3-5,8,11-12H2,1-2H3/t14?,19-,25?/m0/s1. The molecule has 3 aliphatic heterocycles. The van der Waals surface area contributed by atoms with Crippen LogP contribution in [-0.4, -0.2) is 56.4 Å². The zero-order chi connectivity index (χ0) is 19.0. The van der Waals surface area contributed by atoms with Crippen molar-refractivity contribution in [3.8, 4) is 5.75 Å². The Labute approximate surface area is 164 Å². The SMILES string of the molecule is CCN[C@@H]1N=C2C(=CN1)C[N+]([O-])(c1cc(OC)ccc1Cl)CC1CCCN21. The van der Waals surface area contributed by atoms with Crippen molar-refractivity contribution >= 4 is 23.1 Å². The topological polar surface area (TPSA) is 72.0 Å². The van der Waals surface area contributed by atoms with Crippen molar-refractivity contribution in [3.05, 3.63) is 40.2 Å². The van der Waals surface area contributed by atoms with Gasteiger partial charge in [0.15, 0.2) is 12.0 Å². The Balaban J connectivity index is 1.74. The lowest BCUT2D eigenvalue weighted by Crippen LogP contribution is -2.49. The molecule has 0 saturated carbocycles. The molecule has 0 spiro atoms. The normalized spacial score (nSPS) is 29.9. The van der Waals surface area contributed by atoms with E-state index in [2.05, 4.69) is 22.5 Å². The molecular formula is C19H26ClN5O2. The van der Waals surface area contributed by atoms with Gasteiger partial charge in [-0.2, -0.15) is 0 Å². The molecule has 7 nitrogen and oxygen atoms in total. The first-order chi connectivity index (χ1) is 13.0. The maximum atomic E-state index is 14.1. The van der Waals surface area contributed by atoms with Crippen LogP contribution >= 0.6 is 11.6 Å². The number of nitrogens with zero attached hydrogens (tertiary/aromatic N) is 3. The Bertz CT molecular complexity index is 783. The Morgan fingerprint density at radius 2 is 2.33 bits per heavy atom. The lowest BCUT2D eigenvalue weighted by Gasteiger charge is -2.43. The number of hydroxylamine groups is 2. The quantitative estimate of drug-likeness (QED) is 0.609. The van der Waals surface area contributed by atoms with E-state index in [1.165, 1.54) is 0 Å². The molecule has 1 aromatic rings. The zero-order valence-corrected chi connectivity index (χ0v) is 16.5. The number of quaternary nitrogens is 1. The van der Waals surface area contributed by atoms with E-state index in [1.54, 1.807) is 25.3 Å². The molecule has 4 rings (SSSR count). The lowest BCUT2D eigenvalue weighted by molar-refractivity contribution is 0.304. The van der Waals surface area contributed by atoms with Crippen LogP contribution in [0.4, 0.5) is 5.69 Å². The third-order valence-electron chi connectivity index (χ3n) is 5.52. The highest BCUT2D eigenvalue weighted by molar-refractivity contribution is 6.33. The van der Waals surface area contributed by atoms with Gasteiger partial charge in [0.2, 0.25) is 0 Å². The number of fused-ring (bicyclic) bond motifs is 3. The Morgan fingerprint density at radius 1 is 1.48 bits per heavy atom. The van der Waals surface area contributed by atoms with Gasteiger partial charge in [0.05, 0.1) is 18.7 Å². The van der Waals surface area contributed by atoms with Gasteiger partial charge in [0.1, 0.15) is 29.7 Å². The van der Waals surface area contributed by atoms with Crippen molar-refractivity contribution in [1.29, 1.82) is 0 Å². The third-order valence-corrected chi connectivity index (χ3v) is 5.84. The summed E-state index contributed by atoms with van der Waals surface area (Å²) in [5.74, 6) is 1.59. The van der Waals surface area contributed by atoms with E-state index < -0.39 is 4.65 Å². The predicted octanol–water partition coefficient (Wildman–Crippen LogP) is 2.41. The van der Waals surface area contributed by atoms with Crippen molar-refractivity contribution in [1.82, 2.24) is 20.2 Å². The van der Waals surface area contributed by atoms with Crippen LogP contribution in [-0.2, 0) is 0 Å². The van der Waals surface area contributed by atoms with Gasteiger partial charge in [-0.25, -0.2) is 4.99 Å². The number of hydrogen-bond acceptors (Lipinski definition) is 6. The summed E-state index contributed by atoms with van der Waals surface area (Å²) >= 11 is 6.45. The van der Waals surface area contributed by atoms with Crippen molar-refractivity contribution in [3.63, 3.8) is 0 Å². The molecule has 0 bridgehead atoms. The number of hydrogen-bond donors (Lipinski definition) is 2. The van der Waals surface area contributed by atoms with Gasteiger partial charge in [0, 0.05) is 18.8 Å². The fourth-order valence-electron chi connectivity index (χ4n) is 4.26. The second kappa shape index (κ2) is 7.31. The van der Waals surface area contributed by atoms with E-state index in [1.807, 2.05) is 6.20 Å². The number of ether oxygens (including phenoxy) is 1. The average molecular weight is 392 g/mol. The van der Waals surface area contributed by atoms with Crippen LogP contribution in [0.3, 0.4) is 0 Å². The molecule has 0 aromatic heterocycles. The number of aliphatic imine (C=N–C) groups is 1. The number of benzene rings is 1. The molecule has 8 heteroatoms. The fraction of sp³-hybridized carbons (Fsp3) is 0.526. The predicted molar refractivity (Wildman–Crippen MR) is 109 cm³/mol. The van der Waals surface area contributed by atoms with Crippen molar-refractivity contribution < 1.29 is 4.74 Å². The molecule has 0 radical (unpaired) electrons. The van der Waals surface area contributed by atoms with Crippen LogP contribution in [0.25, 0.3) is 0 Å². The summed E-state index contributed by atoms with van der Waals surface area (Å²) in [6.45, 7) is 4.56. The third kappa shape index (κ3) is 3.40. The van der Waals surface area contributed by atoms with Crippen LogP contribution in [0, 0.1) is 5.21 Å². The van der Waals surface area contributed by atoms with Gasteiger partial charge in [-0.15, -0.1) is 0 Å². The second-order valence-electron chi connectivity index (χ2n) is 7.29. The molecule has 2 unspecified atom stereocenters.